The van der Waals surface area contributed by atoms with Crippen LogP contribution in [0.25, 0.3) is 0 Å². The summed E-state index contributed by atoms with van der Waals surface area (Å²) < 4.78 is 29.8. The van der Waals surface area contributed by atoms with Crippen molar-refractivity contribution in [3.8, 4) is 0 Å². The molecule has 0 aliphatic carbocycles. The molecule has 19 heavy (non-hydrogen) atoms. The number of nitrogen functional groups attached to an aromatic ring is 1. The second kappa shape index (κ2) is 6.50. The van der Waals surface area contributed by atoms with Crippen LogP contribution in [0.15, 0.2) is 24.3 Å². The van der Waals surface area contributed by atoms with Crippen LogP contribution in [0.3, 0.4) is 0 Å². The first-order valence-electron chi connectivity index (χ1n) is 5.41. The third kappa shape index (κ3) is 5.25. The fraction of sp³-hybridized carbons (Fsp3) is 0.364. The average molecular weight is 288 g/mol. The van der Waals surface area contributed by atoms with Crippen LogP contribution < -0.4 is 10.5 Å². The molecule has 0 fully saturated rings. The van der Waals surface area contributed by atoms with E-state index in [2.05, 4.69) is 9.46 Å². The van der Waals surface area contributed by atoms with Gasteiger partial charge in [0.25, 0.3) is 0 Å². The van der Waals surface area contributed by atoms with E-state index in [0.29, 0.717) is 11.3 Å². The Bertz CT molecular complexity index is 527. The van der Waals surface area contributed by atoms with Crippen molar-refractivity contribution in [3.05, 3.63) is 29.8 Å². The Morgan fingerprint density at radius 2 is 2.00 bits per heavy atom. The van der Waals surface area contributed by atoms with Gasteiger partial charge in [-0.1, -0.05) is 12.1 Å². The van der Waals surface area contributed by atoms with Crippen LogP contribution in [-0.2, 0) is 25.3 Å². The number of carbonyl (C=O) groups excluding carboxylic acids is 1. The number of hydrogen-bond acceptors (Lipinski definition) is 6. The molecule has 1 unspecified atom stereocenters. The van der Waals surface area contributed by atoms with Gasteiger partial charge in [-0.15, -0.1) is 0 Å². The largest absolute Gasteiger partial charge is 0.467 e. The highest BCUT2D eigenvalue weighted by molar-refractivity contribution is 7.88. The summed E-state index contributed by atoms with van der Waals surface area (Å²) in [5, 5.41) is 9.27. The lowest BCUT2D eigenvalue weighted by atomic mass is 10.2. The molecule has 0 heterocycles. The number of aliphatic hydroxyl groups excluding tert-OH is 1. The first-order valence-corrected chi connectivity index (χ1v) is 7.07. The van der Waals surface area contributed by atoms with Crippen LogP contribution in [0, 0.1) is 0 Å². The van der Waals surface area contributed by atoms with Crippen molar-refractivity contribution < 1.29 is 23.1 Å². The number of methoxy groups -OCH3 is 1. The maximum atomic E-state index is 11.7. The number of aliphatic hydroxyl groups is 1. The monoisotopic (exact) mass is 288 g/mol. The molecule has 0 amide bonds. The van der Waals surface area contributed by atoms with Gasteiger partial charge in [-0.05, 0) is 17.7 Å². The minimum absolute atomic E-state index is 0.263. The molecule has 0 spiro atoms. The van der Waals surface area contributed by atoms with Gasteiger partial charge in [0.15, 0.2) is 6.10 Å². The number of hydrogen-bond donors (Lipinski definition) is 3. The Labute approximate surface area is 111 Å². The van der Waals surface area contributed by atoms with Gasteiger partial charge in [-0.3, -0.25) is 0 Å². The van der Waals surface area contributed by atoms with Gasteiger partial charge in [0.2, 0.25) is 10.0 Å². The van der Waals surface area contributed by atoms with Crippen molar-refractivity contribution in [2.75, 3.05) is 19.4 Å². The summed E-state index contributed by atoms with van der Waals surface area (Å²) in [4.78, 5) is 10.9. The lowest BCUT2D eigenvalue weighted by Crippen LogP contribution is -2.37. The summed E-state index contributed by atoms with van der Waals surface area (Å²) >= 11 is 0. The van der Waals surface area contributed by atoms with E-state index in [0.717, 1.165) is 7.11 Å². The number of nitrogens with one attached hydrogen (secondary N) is 1. The van der Waals surface area contributed by atoms with Gasteiger partial charge in [-0.2, -0.15) is 0 Å². The summed E-state index contributed by atoms with van der Waals surface area (Å²) in [6.07, 6.45) is -1.52. The second-order valence-electron chi connectivity index (χ2n) is 3.89. The lowest BCUT2D eigenvalue weighted by Gasteiger charge is -2.10. The van der Waals surface area contributed by atoms with Gasteiger partial charge < -0.3 is 15.6 Å². The molecule has 106 valence electrons. The number of nitrogens with two attached hydrogens (primary N) is 1. The number of carbonyl (C=O) groups is 1. The Hall–Kier alpha value is -1.64. The number of benzene rings is 1. The van der Waals surface area contributed by atoms with Crippen molar-refractivity contribution in [3.63, 3.8) is 0 Å². The zero-order valence-corrected chi connectivity index (χ0v) is 11.2. The van der Waals surface area contributed by atoms with Crippen LogP contribution in [0.1, 0.15) is 5.56 Å². The molecule has 4 N–H and O–H groups in total. The number of esters is 1. The van der Waals surface area contributed by atoms with Gasteiger partial charge in [-0.25, -0.2) is 17.9 Å². The molecule has 1 aromatic carbocycles. The van der Waals surface area contributed by atoms with Crippen molar-refractivity contribution in [1.82, 2.24) is 4.72 Å². The fourth-order valence-electron chi connectivity index (χ4n) is 1.31. The van der Waals surface area contributed by atoms with E-state index in [-0.39, 0.29) is 5.75 Å². The van der Waals surface area contributed by atoms with Crippen molar-refractivity contribution >= 4 is 21.7 Å². The summed E-state index contributed by atoms with van der Waals surface area (Å²) in [5.74, 6) is -1.16. The second-order valence-corrected chi connectivity index (χ2v) is 5.69. The molecule has 1 aromatic rings. The van der Waals surface area contributed by atoms with Crippen molar-refractivity contribution in [2.24, 2.45) is 0 Å². The summed E-state index contributed by atoms with van der Waals surface area (Å²) in [5.41, 5.74) is 6.58. The predicted octanol–water partition coefficient (Wildman–Crippen LogP) is -0.778. The van der Waals surface area contributed by atoms with E-state index in [9.17, 15) is 18.3 Å². The molecule has 0 aromatic heterocycles. The van der Waals surface area contributed by atoms with Crippen LogP contribution in [0.4, 0.5) is 5.69 Å². The maximum Gasteiger partial charge on any atom is 0.336 e. The van der Waals surface area contributed by atoms with Crippen molar-refractivity contribution in [2.45, 2.75) is 11.9 Å². The molecule has 0 saturated heterocycles. The van der Waals surface area contributed by atoms with Crippen LogP contribution in [-0.4, -0.2) is 39.3 Å². The molecule has 7 nitrogen and oxygen atoms in total. The SMILES string of the molecule is COC(=O)C(O)CNS(=O)(=O)Cc1ccc(N)cc1. The van der Waals surface area contributed by atoms with E-state index < -0.39 is 28.6 Å². The highest BCUT2D eigenvalue weighted by Gasteiger charge is 2.19. The minimum atomic E-state index is -3.64. The maximum absolute atomic E-state index is 11.7. The van der Waals surface area contributed by atoms with Crippen molar-refractivity contribution in [1.29, 1.82) is 0 Å². The third-order valence-electron chi connectivity index (χ3n) is 2.31. The number of sulfonamides is 1. The molecular weight excluding hydrogens is 272 g/mol. The first kappa shape index (κ1) is 15.4. The molecule has 0 bridgehead atoms. The Morgan fingerprint density at radius 3 is 2.53 bits per heavy atom. The third-order valence-corrected chi connectivity index (χ3v) is 3.63. The van der Waals surface area contributed by atoms with Gasteiger partial charge in [0, 0.05) is 12.2 Å². The quantitative estimate of drug-likeness (QED) is 0.467. The molecule has 1 rings (SSSR count). The molecule has 8 heteroatoms. The van der Waals surface area contributed by atoms with Gasteiger partial charge in [0.1, 0.15) is 0 Å². The van der Waals surface area contributed by atoms with E-state index in [4.69, 9.17) is 5.73 Å². The van der Waals surface area contributed by atoms with E-state index in [1.807, 2.05) is 0 Å². The van der Waals surface area contributed by atoms with Crippen LogP contribution in [0.5, 0.6) is 0 Å². The normalized spacial score (nSPS) is 12.9. The standard InChI is InChI=1S/C11H16N2O5S/c1-18-11(15)10(14)6-13-19(16,17)7-8-2-4-9(12)5-3-8/h2-5,10,13-14H,6-7,12H2,1H3. The summed E-state index contributed by atoms with van der Waals surface area (Å²) in [7, 11) is -2.54. The molecular formula is C11H16N2O5S. The number of rotatable bonds is 6. The molecule has 1 atom stereocenters. The average Bonchev–Trinajstić information content (AvgIpc) is 2.37. The van der Waals surface area contributed by atoms with Crippen LogP contribution in [0.2, 0.25) is 0 Å². The molecule has 0 aliphatic rings. The highest BCUT2D eigenvalue weighted by atomic mass is 32.2. The smallest absolute Gasteiger partial charge is 0.336 e. The summed E-state index contributed by atoms with van der Waals surface area (Å²) in [6.45, 7) is -0.427. The Kier molecular flexibility index (Phi) is 5.28. The van der Waals surface area contributed by atoms with Gasteiger partial charge in [0.05, 0.1) is 12.9 Å². The predicted molar refractivity (Wildman–Crippen MR) is 69.5 cm³/mol. The minimum Gasteiger partial charge on any atom is -0.467 e. The molecule has 0 radical (unpaired) electrons. The zero-order valence-electron chi connectivity index (χ0n) is 10.4. The Morgan fingerprint density at radius 1 is 1.42 bits per heavy atom. The Balaban J connectivity index is 2.57. The number of ether oxygens (including phenoxy) is 1. The van der Waals surface area contributed by atoms with Crippen LogP contribution >= 0.6 is 0 Å². The van der Waals surface area contributed by atoms with Gasteiger partial charge >= 0.3 is 5.97 Å². The molecule has 0 aliphatic heterocycles. The van der Waals surface area contributed by atoms with E-state index in [1.54, 1.807) is 24.3 Å². The first-order chi connectivity index (χ1) is 8.84. The van der Waals surface area contributed by atoms with E-state index in [1.165, 1.54) is 0 Å². The highest BCUT2D eigenvalue weighted by Crippen LogP contribution is 2.08. The fourth-order valence-corrected chi connectivity index (χ4v) is 2.45. The number of anilines is 1. The zero-order chi connectivity index (χ0) is 14.5. The topological polar surface area (TPSA) is 119 Å². The lowest BCUT2D eigenvalue weighted by molar-refractivity contribution is -0.149. The summed E-state index contributed by atoms with van der Waals surface area (Å²) in [6, 6.07) is 6.36. The van der Waals surface area contributed by atoms with E-state index >= 15 is 0 Å². The molecule has 0 saturated carbocycles.